The number of aryl methyl sites for hydroxylation is 2. The van der Waals surface area contributed by atoms with Crippen molar-refractivity contribution in [1.29, 1.82) is 0 Å². The Morgan fingerprint density at radius 3 is 2.39 bits per heavy atom. The number of ether oxygens (including phenoxy) is 1. The van der Waals surface area contributed by atoms with Gasteiger partial charge in [0.2, 0.25) is 5.91 Å². The van der Waals surface area contributed by atoms with Crippen LogP contribution in [0.15, 0.2) is 30.5 Å². The van der Waals surface area contributed by atoms with E-state index < -0.39 is 11.0 Å². The van der Waals surface area contributed by atoms with Crippen molar-refractivity contribution in [3.05, 3.63) is 68.8 Å². The quantitative estimate of drug-likeness (QED) is 0.322. The van der Waals surface area contributed by atoms with E-state index in [4.69, 9.17) is 4.74 Å². The number of anilines is 1. The second-order valence-corrected chi connectivity index (χ2v) is 9.88. The first kappa shape index (κ1) is 29.2. The summed E-state index contributed by atoms with van der Waals surface area (Å²) in [5.74, 6) is -0.492. The molecule has 41 heavy (non-hydrogen) atoms. The van der Waals surface area contributed by atoms with Crippen LogP contribution in [0.3, 0.4) is 0 Å². The van der Waals surface area contributed by atoms with Crippen molar-refractivity contribution in [2.45, 2.75) is 47.2 Å². The van der Waals surface area contributed by atoms with Gasteiger partial charge in [0.1, 0.15) is 17.4 Å². The summed E-state index contributed by atoms with van der Waals surface area (Å²) < 4.78 is 8.11. The number of carbonyl (C=O) groups is 3. The van der Waals surface area contributed by atoms with E-state index in [1.807, 2.05) is 6.07 Å². The molecule has 14 nitrogen and oxygen atoms in total. The summed E-state index contributed by atoms with van der Waals surface area (Å²) in [5.41, 5.74) is 2.94. The number of amides is 3. The molecule has 1 N–H and O–H groups in total. The monoisotopic (exact) mass is 566 g/mol. The van der Waals surface area contributed by atoms with Gasteiger partial charge in [0.15, 0.2) is 0 Å². The van der Waals surface area contributed by atoms with Crippen molar-refractivity contribution in [3.63, 3.8) is 0 Å². The molecular formula is C27H34N8O6. The Bertz CT molecular complexity index is 1470. The fourth-order valence-electron chi connectivity index (χ4n) is 4.79. The van der Waals surface area contributed by atoms with E-state index >= 15 is 0 Å². The number of nitrogens with one attached hydrogen (secondary N) is 1. The Morgan fingerprint density at radius 1 is 1.07 bits per heavy atom. The van der Waals surface area contributed by atoms with Crippen LogP contribution in [0.5, 0.6) is 0 Å². The molecule has 1 fully saturated rings. The van der Waals surface area contributed by atoms with Crippen LogP contribution in [0.1, 0.15) is 52.9 Å². The lowest BCUT2D eigenvalue weighted by atomic mass is 10.1. The zero-order chi connectivity index (χ0) is 29.8. The highest BCUT2D eigenvalue weighted by Crippen LogP contribution is 2.23. The van der Waals surface area contributed by atoms with Gasteiger partial charge in [0, 0.05) is 37.9 Å². The second kappa shape index (κ2) is 12.2. The van der Waals surface area contributed by atoms with Crippen LogP contribution in [0, 0.1) is 30.9 Å². The summed E-state index contributed by atoms with van der Waals surface area (Å²) in [6, 6.07) is 6.33. The lowest BCUT2D eigenvalue weighted by Crippen LogP contribution is -2.52. The highest BCUT2D eigenvalue weighted by molar-refractivity contribution is 6.04. The fourth-order valence-corrected chi connectivity index (χ4v) is 4.79. The van der Waals surface area contributed by atoms with E-state index in [1.165, 1.54) is 4.68 Å². The molecule has 4 rings (SSSR count). The largest absolute Gasteiger partial charge is 0.450 e. The normalized spacial score (nSPS) is 14.1. The molecule has 14 heteroatoms. The third-order valence-corrected chi connectivity index (χ3v) is 7.08. The van der Waals surface area contributed by atoms with Crippen molar-refractivity contribution in [3.8, 4) is 0 Å². The number of rotatable bonds is 8. The van der Waals surface area contributed by atoms with Crippen LogP contribution < -0.4 is 5.32 Å². The predicted molar refractivity (Wildman–Crippen MR) is 149 cm³/mol. The zero-order valence-corrected chi connectivity index (χ0v) is 23.8. The number of nitro groups is 1. The molecule has 0 saturated carbocycles. The smallest absolute Gasteiger partial charge is 0.409 e. The first-order valence-corrected chi connectivity index (χ1v) is 13.3. The predicted octanol–water partition coefficient (Wildman–Crippen LogP) is 3.08. The van der Waals surface area contributed by atoms with Gasteiger partial charge < -0.3 is 19.9 Å². The first-order chi connectivity index (χ1) is 19.5. The molecule has 0 aliphatic carbocycles. The van der Waals surface area contributed by atoms with E-state index in [0.717, 1.165) is 5.56 Å². The number of nitrogens with zero attached hydrogens (tertiary/aromatic N) is 7. The van der Waals surface area contributed by atoms with E-state index in [9.17, 15) is 24.5 Å². The van der Waals surface area contributed by atoms with Gasteiger partial charge in [0.25, 0.3) is 5.91 Å². The summed E-state index contributed by atoms with van der Waals surface area (Å²) in [5, 5.41) is 22.9. The third-order valence-electron chi connectivity index (χ3n) is 7.08. The lowest BCUT2D eigenvalue weighted by Gasteiger charge is -2.35. The molecule has 1 unspecified atom stereocenters. The molecular weight excluding hydrogens is 532 g/mol. The molecule has 1 atom stereocenters. The molecule has 3 amide bonds. The maximum absolute atomic E-state index is 13.1. The standard InChI is InChI=1S/C27H34N8O6/c1-6-41-27(38)32-12-10-31(11-13-32)26(37)20(5)34-16-23(17(2)29-34)28-25(36)22-9-7-8-21(14-22)15-33-19(4)24(35(39)40)18(3)30-33/h7-9,14,16,20H,6,10-13,15H2,1-5H3,(H,28,36). The number of carbonyl (C=O) groups excluding carboxylic acids is 3. The van der Waals surface area contributed by atoms with Crippen LogP contribution in [0.2, 0.25) is 0 Å². The average Bonchev–Trinajstić information content (AvgIpc) is 3.45. The van der Waals surface area contributed by atoms with Crippen molar-refractivity contribution in [2.24, 2.45) is 0 Å². The minimum absolute atomic E-state index is 0.0157. The van der Waals surface area contributed by atoms with Crippen LogP contribution in [-0.4, -0.2) is 85.0 Å². The Hall–Kier alpha value is -4.75. The Kier molecular flexibility index (Phi) is 8.69. The van der Waals surface area contributed by atoms with Gasteiger partial charge in [0.05, 0.1) is 29.5 Å². The molecule has 3 aromatic rings. The second-order valence-electron chi connectivity index (χ2n) is 9.88. The van der Waals surface area contributed by atoms with Crippen LogP contribution in [0.4, 0.5) is 16.2 Å². The van der Waals surface area contributed by atoms with Crippen molar-refractivity contribution < 1.29 is 24.0 Å². The van der Waals surface area contributed by atoms with Crippen molar-refractivity contribution >= 4 is 29.3 Å². The molecule has 1 aliphatic rings. The SMILES string of the molecule is CCOC(=O)N1CCN(C(=O)C(C)n2cc(NC(=O)c3cccc(Cn4nc(C)c([N+](=O)[O-])c4C)c3)c(C)n2)CC1. The van der Waals surface area contributed by atoms with Gasteiger partial charge in [-0.1, -0.05) is 12.1 Å². The summed E-state index contributed by atoms with van der Waals surface area (Å²) in [7, 11) is 0. The topological polar surface area (TPSA) is 158 Å². The van der Waals surface area contributed by atoms with E-state index in [2.05, 4.69) is 15.5 Å². The molecule has 218 valence electrons. The van der Waals surface area contributed by atoms with E-state index in [-0.39, 0.29) is 30.1 Å². The minimum atomic E-state index is -0.610. The van der Waals surface area contributed by atoms with Crippen LogP contribution in [-0.2, 0) is 16.1 Å². The number of hydrogen-bond donors (Lipinski definition) is 1. The zero-order valence-electron chi connectivity index (χ0n) is 23.8. The van der Waals surface area contributed by atoms with Crippen molar-refractivity contribution in [1.82, 2.24) is 29.4 Å². The molecule has 2 aromatic heterocycles. The maximum Gasteiger partial charge on any atom is 0.409 e. The first-order valence-electron chi connectivity index (χ1n) is 13.3. The summed E-state index contributed by atoms with van der Waals surface area (Å²) >= 11 is 0. The Morgan fingerprint density at radius 2 is 1.76 bits per heavy atom. The maximum atomic E-state index is 13.1. The summed E-state index contributed by atoms with van der Waals surface area (Å²) in [4.78, 5) is 52.3. The van der Waals surface area contributed by atoms with Gasteiger partial charge in [-0.05, 0) is 52.3 Å². The van der Waals surface area contributed by atoms with Gasteiger partial charge in [-0.2, -0.15) is 10.2 Å². The number of benzene rings is 1. The average molecular weight is 567 g/mol. The highest BCUT2D eigenvalue weighted by Gasteiger charge is 2.29. The summed E-state index contributed by atoms with van der Waals surface area (Å²) in [6.07, 6.45) is 1.25. The van der Waals surface area contributed by atoms with Gasteiger partial charge in [-0.25, -0.2) is 4.79 Å². The minimum Gasteiger partial charge on any atom is -0.450 e. The number of piperazine rings is 1. The fraction of sp³-hybridized carbons (Fsp3) is 0.444. The Balaban J connectivity index is 1.40. The molecule has 3 heterocycles. The van der Waals surface area contributed by atoms with Gasteiger partial charge >= 0.3 is 11.8 Å². The van der Waals surface area contributed by atoms with Crippen molar-refractivity contribution in [2.75, 3.05) is 38.1 Å². The van der Waals surface area contributed by atoms with E-state index in [0.29, 0.717) is 61.1 Å². The number of aromatic nitrogens is 4. The molecule has 1 aliphatic heterocycles. The molecule has 1 aromatic carbocycles. The molecule has 1 saturated heterocycles. The highest BCUT2D eigenvalue weighted by atomic mass is 16.6. The van der Waals surface area contributed by atoms with Gasteiger partial charge in [-0.3, -0.25) is 29.1 Å². The molecule has 0 bridgehead atoms. The molecule has 0 spiro atoms. The van der Waals surface area contributed by atoms with Gasteiger partial charge in [-0.15, -0.1) is 0 Å². The Labute approximate surface area is 237 Å². The third kappa shape index (κ3) is 6.36. The lowest BCUT2D eigenvalue weighted by molar-refractivity contribution is -0.386. The van der Waals surface area contributed by atoms with Crippen LogP contribution in [0.25, 0.3) is 0 Å². The summed E-state index contributed by atoms with van der Waals surface area (Å²) in [6.45, 7) is 10.6. The molecule has 0 radical (unpaired) electrons. The number of hydrogen-bond acceptors (Lipinski definition) is 8. The van der Waals surface area contributed by atoms with E-state index in [1.54, 1.807) is 73.5 Å². The van der Waals surface area contributed by atoms with Crippen LogP contribution >= 0.6 is 0 Å².